The number of nitrogens with one attached hydrogen (secondary N) is 2. The first-order valence-corrected chi connectivity index (χ1v) is 7.39. The largest absolute Gasteiger partial charge is 0.301 e. The minimum Gasteiger partial charge on any atom is -0.301 e. The van der Waals surface area contributed by atoms with E-state index in [1.165, 1.54) is 0 Å². The van der Waals surface area contributed by atoms with Crippen LogP contribution < -0.4 is 11.0 Å². The third-order valence-electron chi connectivity index (χ3n) is 3.12. The van der Waals surface area contributed by atoms with E-state index >= 15 is 0 Å². The summed E-state index contributed by atoms with van der Waals surface area (Å²) in [7, 11) is 0. The van der Waals surface area contributed by atoms with E-state index in [2.05, 4.69) is 45.6 Å². The lowest BCUT2D eigenvalue weighted by Gasteiger charge is -2.20. The molecular formula is C14H32N2O2. The standard InChI is InChI=1S/C14H32N2O2/c1-6-9-13(5)18-15-10-14(8-3)16-17-11-12(4)7-2/h12-16H,6-11H2,1-5H3. The van der Waals surface area contributed by atoms with Gasteiger partial charge in [-0.05, 0) is 25.7 Å². The fraction of sp³-hybridized carbons (Fsp3) is 1.00. The summed E-state index contributed by atoms with van der Waals surface area (Å²) < 4.78 is 0. The Morgan fingerprint density at radius 3 is 2.33 bits per heavy atom. The Bertz CT molecular complexity index is 179. The van der Waals surface area contributed by atoms with Crippen LogP contribution in [0.3, 0.4) is 0 Å². The van der Waals surface area contributed by atoms with Crippen LogP contribution in [-0.2, 0) is 9.68 Å². The van der Waals surface area contributed by atoms with Crippen molar-refractivity contribution in [3.05, 3.63) is 0 Å². The van der Waals surface area contributed by atoms with Crippen molar-refractivity contribution in [1.82, 2.24) is 11.0 Å². The minimum atomic E-state index is 0.272. The second-order valence-electron chi connectivity index (χ2n) is 5.11. The highest BCUT2D eigenvalue weighted by Crippen LogP contribution is 2.01. The highest BCUT2D eigenvalue weighted by molar-refractivity contribution is 4.61. The lowest BCUT2D eigenvalue weighted by Crippen LogP contribution is -2.39. The summed E-state index contributed by atoms with van der Waals surface area (Å²) in [6.45, 7) is 12.3. The lowest BCUT2D eigenvalue weighted by atomic mass is 10.1. The Kier molecular flexibility index (Phi) is 11.8. The second kappa shape index (κ2) is 11.9. The maximum absolute atomic E-state index is 5.52. The summed E-state index contributed by atoms with van der Waals surface area (Å²) in [4.78, 5) is 11.0. The highest BCUT2D eigenvalue weighted by Gasteiger charge is 2.08. The first kappa shape index (κ1) is 17.8. The van der Waals surface area contributed by atoms with Gasteiger partial charge in [0.1, 0.15) is 0 Å². The quantitative estimate of drug-likeness (QED) is 0.529. The molecule has 0 radical (unpaired) electrons. The maximum atomic E-state index is 5.52. The smallest absolute Gasteiger partial charge is 0.0762 e. The van der Waals surface area contributed by atoms with E-state index in [0.29, 0.717) is 12.0 Å². The van der Waals surface area contributed by atoms with E-state index in [-0.39, 0.29) is 6.10 Å². The Morgan fingerprint density at radius 1 is 1.06 bits per heavy atom. The van der Waals surface area contributed by atoms with Crippen LogP contribution in [0.15, 0.2) is 0 Å². The van der Waals surface area contributed by atoms with Gasteiger partial charge in [-0.15, -0.1) is 0 Å². The summed E-state index contributed by atoms with van der Waals surface area (Å²) in [6.07, 6.45) is 4.67. The normalized spacial score (nSPS) is 16.5. The molecule has 0 bridgehead atoms. The zero-order valence-electron chi connectivity index (χ0n) is 12.8. The Morgan fingerprint density at radius 2 is 1.78 bits per heavy atom. The first-order chi connectivity index (χ1) is 8.63. The van der Waals surface area contributed by atoms with E-state index in [1.807, 2.05) is 0 Å². The van der Waals surface area contributed by atoms with Crippen LogP contribution in [0.1, 0.15) is 60.3 Å². The maximum Gasteiger partial charge on any atom is 0.0762 e. The Labute approximate surface area is 113 Å². The van der Waals surface area contributed by atoms with Gasteiger partial charge in [0, 0.05) is 12.6 Å². The molecule has 0 aromatic rings. The number of hydrogen-bond donors (Lipinski definition) is 2. The van der Waals surface area contributed by atoms with Crippen molar-refractivity contribution < 1.29 is 9.68 Å². The topological polar surface area (TPSA) is 42.5 Å². The second-order valence-corrected chi connectivity index (χ2v) is 5.11. The van der Waals surface area contributed by atoms with E-state index < -0.39 is 0 Å². The molecule has 4 nitrogen and oxygen atoms in total. The van der Waals surface area contributed by atoms with E-state index in [9.17, 15) is 0 Å². The predicted molar refractivity (Wildman–Crippen MR) is 76.1 cm³/mol. The SMILES string of the molecule is CCCC(C)ONCC(CC)NOCC(C)CC. The molecule has 0 amide bonds. The Hall–Kier alpha value is -0.160. The van der Waals surface area contributed by atoms with Gasteiger partial charge in [0.25, 0.3) is 0 Å². The van der Waals surface area contributed by atoms with Crippen LogP contribution in [0.2, 0.25) is 0 Å². The van der Waals surface area contributed by atoms with Crippen LogP contribution in [-0.4, -0.2) is 25.3 Å². The van der Waals surface area contributed by atoms with Crippen LogP contribution >= 0.6 is 0 Å². The molecule has 0 aliphatic carbocycles. The van der Waals surface area contributed by atoms with Gasteiger partial charge in [-0.2, -0.15) is 5.48 Å². The molecule has 0 saturated carbocycles. The molecule has 18 heavy (non-hydrogen) atoms. The van der Waals surface area contributed by atoms with Crippen LogP contribution in [0.4, 0.5) is 0 Å². The fourth-order valence-electron chi connectivity index (χ4n) is 1.45. The molecular weight excluding hydrogens is 228 g/mol. The molecule has 110 valence electrons. The third kappa shape index (κ3) is 9.83. The predicted octanol–water partition coefficient (Wildman–Crippen LogP) is 3.04. The summed E-state index contributed by atoms with van der Waals surface area (Å²) in [6, 6.07) is 0.294. The number of rotatable bonds is 12. The zero-order valence-corrected chi connectivity index (χ0v) is 12.8. The molecule has 3 unspecified atom stereocenters. The number of hydrogen-bond acceptors (Lipinski definition) is 4. The molecule has 4 heteroatoms. The average Bonchev–Trinajstić information content (AvgIpc) is 2.36. The molecule has 0 heterocycles. The van der Waals surface area contributed by atoms with Crippen molar-refractivity contribution >= 4 is 0 Å². The van der Waals surface area contributed by atoms with Crippen molar-refractivity contribution in [2.24, 2.45) is 5.92 Å². The highest BCUT2D eigenvalue weighted by atomic mass is 16.7. The molecule has 0 aromatic heterocycles. The first-order valence-electron chi connectivity index (χ1n) is 7.39. The van der Waals surface area contributed by atoms with E-state index in [4.69, 9.17) is 9.68 Å². The molecule has 0 aromatic carbocycles. The average molecular weight is 260 g/mol. The van der Waals surface area contributed by atoms with Gasteiger partial charge < -0.3 is 4.84 Å². The van der Waals surface area contributed by atoms with Crippen molar-refractivity contribution in [1.29, 1.82) is 0 Å². The van der Waals surface area contributed by atoms with Gasteiger partial charge in [-0.3, -0.25) is 4.84 Å². The number of hydroxylamine groups is 2. The van der Waals surface area contributed by atoms with Gasteiger partial charge in [-0.1, -0.05) is 40.5 Å². The van der Waals surface area contributed by atoms with Crippen molar-refractivity contribution in [2.75, 3.05) is 13.2 Å². The zero-order chi connectivity index (χ0) is 13.8. The molecule has 0 spiro atoms. The summed E-state index contributed by atoms with van der Waals surface area (Å²) >= 11 is 0. The van der Waals surface area contributed by atoms with Gasteiger partial charge in [0.15, 0.2) is 0 Å². The molecule has 3 atom stereocenters. The van der Waals surface area contributed by atoms with Crippen LogP contribution in [0, 0.1) is 5.92 Å². The van der Waals surface area contributed by atoms with Crippen molar-refractivity contribution in [3.8, 4) is 0 Å². The van der Waals surface area contributed by atoms with Crippen LogP contribution in [0.5, 0.6) is 0 Å². The lowest BCUT2D eigenvalue weighted by molar-refractivity contribution is -0.0456. The molecule has 0 aliphatic rings. The molecule has 0 aliphatic heterocycles. The van der Waals surface area contributed by atoms with E-state index in [1.54, 1.807) is 0 Å². The molecule has 0 saturated heterocycles. The minimum absolute atomic E-state index is 0.272. The van der Waals surface area contributed by atoms with Gasteiger partial charge in [0.05, 0.1) is 12.7 Å². The molecule has 0 fully saturated rings. The van der Waals surface area contributed by atoms with E-state index in [0.717, 1.165) is 38.8 Å². The molecule has 0 rings (SSSR count). The molecule has 2 N–H and O–H groups in total. The fourth-order valence-corrected chi connectivity index (χ4v) is 1.45. The van der Waals surface area contributed by atoms with Gasteiger partial charge >= 0.3 is 0 Å². The Balaban J connectivity index is 3.57. The van der Waals surface area contributed by atoms with Crippen molar-refractivity contribution in [2.45, 2.75) is 72.4 Å². The van der Waals surface area contributed by atoms with Gasteiger partial charge in [0.2, 0.25) is 0 Å². The monoisotopic (exact) mass is 260 g/mol. The van der Waals surface area contributed by atoms with Gasteiger partial charge in [-0.25, -0.2) is 5.48 Å². The third-order valence-corrected chi connectivity index (χ3v) is 3.12. The summed E-state index contributed by atoms with van der Waals surface area (Å²) in [5.41, 5.74) is 6.13. The van der Waals surface area contributed by atoms with Crippen LogP contribution in [0.25, 0.3) is 0 Å². The van der Waals surface area contributed by atoms with Crippen molar-refractivity contribution in [3.63, 3.8) is 0 Å². The summed E-state index contributed by atoms with van der Waals surface area (Å²) in [5, 5.41) is 0. The summed E-state index contributed by atoms with van der Waals surface area (Å²) in [5.74, 6) is 0.601.